The molecule has 0 bridgehead atoms. The molecule has 0 radical (unpaired) electrons. The van der Waals surface area contributed by atoms with Gasteiger partial charge in [0, 0.05) is 60.2 Å². The van der Waals surface area contributed by atoms with Gasteiger partial charge < -0.3 is 23.7 Å². The van der Waals surface area contributed by atoms with Crippen LogP contribution in [0.2, 0.25) is 0 Å². The van der Waals surface area contributed by atoms with Crippen LogP contribution in [0.15, 0.2) is 181 Å². The third-order valence-corrected chi connectivity index (χ3v) is 21.0. The zero-order valence-corrected chi connectivity index (χ0v) is 55.0. The van der Waals surface area contributed by atoms with Gasteiger partial charge in [-0.05, 0) is 170 Å². The fourth-order valence-electron chi connectivity index (χ4n) is 8.19. The number of halogens is 4. The summed E-state index contributed by atoms with van der Waals surface area (Å²) < 4.78 is 137. The number of hydrogen-bond donors (Lipinski definition) is 1. The molecule has 0 aliphatic carbocycles. The number of hydrogen-bond acceptors (Lipinski definition) is 19. The van der Waals surface area contributed by atoms with Crippen molar-refractivity contribution in [1.82, 2.24) is 29.2 Å². The number of methoxy groups -OCH3 is 5. The predicted molar refractivity (Wildman–Crippen MR) is 336 cm³/mol. The summed E-state index contributed by atoms with van der Waals surface area (Å²) in [5.41, 5.74) is 4.17. The number of sulfonamides is 2. The molecule has 2 heterocycles. The van der Waals surface area contributed by atoms with E-state index in [0.29, 0.717) is 52.4 Å². The Kier molecular flexibility index (Phi) is 22.9. The number of ether oxygens (including phenoxy) is 5. The van der Waals surface area contributed by atoms with Crippen molar-refractivity contribution in [1.29, 1.82) is 0 Å². The lowest BCUT2D eigenvalue weighted by molar-refractivity contribution is 0.396. The average Bonchev–Trinajstić information content (AvgIpc) is 4.26. The number of nitrogens with zero attached hydrogens (tertiary/aromatic N) is 8. The molecule has 0 spiro atoms. The fourth-order valence-corrected chi connectivity index (χ4v) is 16.8. The molecule has 0 saturated carbocycles. The summed E-state index contributed by atoms with van der Waals surface area (Å²) in [4.78, 5) is -2.14. The first-order valence-electron chi connectivity index (χ1n) is 24.8. The number of H-pyrrole nitrogens is 1. The van der Waals surface area contributed by atoms with E-state index < -0.39 is 57.7 Å². The van der Waals surface area contributed by atoms with E-state index >= 15 is 0 Å². The van der Waals surface area contributed by atoms with Gasteiger partial charge in [0.05, 0.1) is 46.8 Å². The maximum Gasteiger partial charge on any atom is 0.262 e. The number of benzene rings is 7. The van der Waals surface area contributed by atoms with Gasteiger partial charge in [-0.25, -0.2) is 33.7 Å². The van der Waals surface area contributed by atoms with E-state index in [1.807, 2.05) is 69.4 Å². The molecule has 1 aromatic heterocycles. The summed E-state index contributed by atoms with van der Waals surface area (Å²) in [5.74, 6) is 3.25. The monoisotopic (exact) mass is 1500 g/mol. The second-order valence-electron chi connectivity index (χ2n) is 18.0. The van der Waals surface area contributed by atoms with E-state index in [2.05, 4.69) is 43.0 Å². The number of aromatic amines is 1. The van der Waals surface area contributed by atoms with Crippen LogP contribution in [0.25, 0.3) is 11.4 Å². The van der Waals surface area contributed by atoms with Crippen molar-refractivity contribution >= 4 is 110 Å². The van der Waals surface area contributed by atoms with Gasteiger partial charge in [-0.2, -0.15) is 18.9 Å². The smallest absolute Gasteiger partial charge is 0.262 e. The average molecular weight is 1500 g/mol. The normalized spacial score (nSPS) is 12.4. The van der Waals surface area contributed by atoms with Gasteiger partial charge in [-0.15, -0.1) is 15.3 Å². The lowest BCUT2D eigenvalue weighted by Crippen LogP contribution is -2.33. The Labute approximate surface area is 528 Å². The number of tetrazole rings is 1. The first-order valence-corrected chi connectivity index (χ1v) is 34.4. The SMILES string of the molecule is COc1ccc(C)cc1.COc1ccc(CN(Cc2ccc(OC)cc2)S(=O)(=O)c2c(S(=O)(=O)Cl)ccc(I)c2-c2nn[nH]n2)cc1.COc1ccc(CN(Cc2ccc(OC)cc2)S(=O)(=O)c2c(S(=O)(=O)Cl)ccc(I)c2C2=NN=NC2)cc1. The van der Waals surface area contributed by atoms with Crippen LogP contribution in [0.4, 0.5) is 0 Å². The molecule has 448 valence electrons. The summed E-state index contributed by atoms with van der Waals surface area (Å²) in [5, 5.41) is 25.0. The number of aryl methyl sites for hydroxylation is 1. The third-order valence-electron chi connectivity index (χ3n) is 12.5. The van der Waals surface area contributed by atoms with Crippen LogP contribution in [0.3, 0.4) is 0 Å². The van der Waals surface area contributed by atoms with Crippen LogP contribution >= 0.6 is 66.5 Å². The summed E-state index contributed by atoms with van der Waals surface area (Å²) in [7, 11) is 1.30. The van der Waals surface area contributed by atoms with Crippen LogP contribution in [-0.4, -0.2) is 111 Å². The molecule has 8 aromatic rings. The van der Waals surface area contributed by atoms with Crippen molar-refractivity contribution in [2.24, 2.45) is 15.4 Å². The predicted octanol–water partition coefficient (Wildman–Crippen LogP) is 10.6. The second-order valence-corrected chi connectivity index (χ2v) is 29.1. The molecule has 9 rings (SSSR count). The maximum atomic E-state index is 14.4. The highest BCUT2D eigenvalue weighted by Gasteiger charge is 2.38. The van der Waals surface area contributed by atoms with Crippen LogP contribution < -0.4 is 23.7 Å². The van der Waals surface area contributed by atoms with Gasteiger partial charge >= 0.3 is 0 Å². The van der Waals surface area contributed by atoms with Crippen molar-refractivity contribution in [3.8, 4) is 40.1 Å². The van der Waals surface area contributed by atoms with E-state index in [0.717, 1.165) is 16.1 Å². The van der Waals surface area contributed by atoms with Gasteiger partial charge in [0.1, 0.15) is 54.9 Å². The summed E-state index contributed by atoms with van der Waals surface area (Å²) in [6.45, 7) is 1.76. The molecule has 0 fully saturated rings. The first kappa shape index (κ1) is 66.2. The van der Waals surface area contributed by atoms with Crippen LogP contribution in [0, 0.1) is 14.1 Å². The molecule has 1 aliphatic rings. The largest absolute Gasteiger partial charge is 0.497 e. The van der Waals surface area contributed by atoms with Crippen molar-refractivity contribution in [3.05, 3.63) is 186 Å². The summed E-state index contributed by atoms with van der Waals surface area (Å²) in [6.07, 6.45) is 0. The van der Waals surface area contributed by atoms with E-state index in [-0.39, 0.29) is 55.4 Å². The molecule has 85 heavy (non-hydrogen) atoms. The molecule has 7 aromatic carbocycles. The van der Waals surface area contributed by atoms with Gasteiger partial charge in [0.2, 0.25) is 25.9 Å². The lowest BCUT2D eigenvalue weighted by atomic mass is 10.1. The summed E-state index contributed by atoms with van der Waals surface area (Å²) in [6, 6.07) is 40.8. The highest BCUT2D eigenvalue weighted by atomic mass is 127. The molecule has 22 nitrogen and oxygen atoms in total. The van der Waals surface area contributed by atoms with Crippen molar-refractivity contribution < 1.29 is 57.4 Å². The van der Waals surface area contributed by atoms with Crippen LogP contribution in [-0.2, 0) is 64.3 Å². The molecule has 1 aliphatic heterocycles. The minimum absolute atomic E-state index is 0.00126. The second kappa shape index (κ2) is 29.4. The Morgan fingerprint density at radius 2 is 0.812 bits per heavy atom. The van der Waals surface area contributed by atoms with Gasteiger partial charge in [0.25, 0.3) is 18.1 Å². The number of rotatable bonds is 21. The van der Waals surface area contributed by atoms with E-state index in [1.54, 1.807) is 104 Å². The van der Waals surface area contributed by atoms with Gasteiger partial charge in [0.15, 0.2) is 0 Å². The Morgan fingerprint density at radius 3 is 1.11 bits per heavy atom. The van der Waals surface area contributed by atoms with Gasteiger partial charge in [-0.1, -0.05) is 66.2 Å². The highest BCUT2D eigenvalue weighted by molar-refractivity contribution is 14.1. The molecule has 0 saturated heterocycles. The fraction of sp³-hybridized carbons (Fsp3) is 0.200. The lowest BCUT2D eigenvalue weighted by Gasteiger charge is -2.25. The number of nitrogens with one attached hydrogen (secondary N) is 1. The van der Waals surface area contributed by atoms with E-state index in [4.69, 9.17) is 45.0 Å². The zero-order valence-electron chi connectivity index (χ0n) is 45.9. The zero-order chi connectivity index (χ0) is 61.7. The summed E-state index contributed by atoms with van der Waals surface area (Å²) >= 11 is 3.82. The standard InChI is InChI=1S/C24H22ClIN4O6S2.C23H21ClIN5O6S2.C8H10O/c1-35-18-7-3-16(4-8-18)14-30(15-17-5-9-19(36-2)10-6-17)38(33,34)24-22(37(25,31)32)12-11-20(26)23(24)21-13-27-29-28-21;1-35-17-7-3-15(4-8-17)13-30(14-16-5-9-18(36-2)10-6-16)38(33,34)22-20(37(24,31)32)12-11-19(25)21(22)23-26-28-29-27-23;1-7-3-5-8(9-2)6-4-7/h3-12H,13-15H2,1-2H3;3-12H,13-14H2,1-2H3,(H,26,27,28,29);3-6H,1-2H3. The van der Waals surface area contributed by atoms with Crippen LogP contribution in [0.5, 0.6) is 28.7 Å². The molecule has 0 atom stereocenters. The van der Waals surface area contributed by atoms with E-state index in [1.165, 1.54) is 56.5 Å². The molecule has 1 N–H and O–H groups in total. The maximum absolute atomic E-state index is 14.4. The van der Waals surface area contributed by atoms with Gasteiger partial charge in [-0.3, -0.25) is 0 Å². The molecular formula is C55H53Cl2I2N9O13S4. The van der Waals surface area contributed by atoms with E-state index in [9.17, 15) is 33.7 Å². The minimum atomic E-state index is -4.54. The minimum Gasteiger partial charge on any atom is -0.497 e. The molecular weight excluding hydrogens is 1450 g/mol. The van der Waals surface area contributed by atoms with Crippen molar-refractivity contribution in [3.63, 3.8) is 0 Å². The molecule has 30 heteroatoms. The van der Waals surface area contributed by atoms with Crippen molar-refractivity contribution in [2.75, 3.05) is 42.1 Å². The molecule has 0 amide bonds. The topological polar surface area (TPSA) is 281 Å². The Morgan fingerprint density at radius 1 is 0.482 bits per heavy atom. The third kappa shape index (κ3) is 17.0. The first-order chi connectivity index (χ1) is 40.4. The molecule has 0 unspecified atom stereocenters. The number of aromatic nitrogens is 4. The van der Waals surface area contributed by atoms with Crippen molar-refractivity contribution in [2.45, 2.75) is 52.7 Å². The van der Waals surface area contributed by atoms with Crippen LogP contribution in [0.1, 0.15) is 33.4 Å². The highest BCUT2D eigenvalue weighted by Crippen LogP contribution is 2.40. The quantitative estimate of drug-likeness (QED) is 0.0517. The Bertz CT molecular complexity index is 4040. The Hall–Kier alpha value is -6.36. The Balaban J connectivity index is 0.000000212.